The van der Waals surface area contributed by atoms with E-state index in [0.29, 0.717) is 17.0 Å². The molecule has 2 amide bonds. The molecule has 1 aliphatic rings. The summed E-state index contributed by atoms with van der Waals surface area (Å²) < 4.78 is 1.93. The zero-order chi connectivity index (χ0) is 21.3. The van der Waals surface area contributed by atoms with Gasteiger partial charge in [-0.2, -0.15) is 0 Å². The molecule has 4 aromatic rings. The summed E-state index contributed by atoms with van der Waals surface area (Å²) in [5.41, 5.74) is 2.13. The van der Waals surface area contributed by atoms with Gasteiger partial charge in [0.2, 0.25) is 0 Å². The molecule has 1 saturated carbocycles. The number of hydrogen-bond donors (Lipinski definition) is 2. The van der Waals surface area contributed by atoms with Crippen molar-refractivity contribution in [3.05, 3.63) is 94.1 Å². The van der Waals surface area contributed by atoms with Gasteiger partial charge in [-0.3, -0.25) is 9.59 Å². The Balaban J connectivity index is 1.26. The third-order valence-electron chi connectivity index (χ3n) is 5.81. The molecule has 0 bridgehead atoms. The summed E-state index contributed by atoms with van der Waals surface area (Å²) in [4.78, 5) is 31.4. The van der Waals surface area contributed by atoms with E-state index in [1.54, 1.807) is 6.20 Å². The molecule has 5 rings (SSSR count). The number of thiophene rings is 1. The van der Waals surface area contributed by atoms with E-state index >= 15 is 0 Å². The number of carbonyl (C=O) groups excluding carboxylic acids is 2. The van der Waals surface area contributed by atoms with Gasteiger partial charge < -0.3 is 15.0 Å². The van der Waals surface area contributed by atoms with Crippen molar-refractivity contribution in [2.75, 3.05) is 0 Å². The van der Waals surface area contributed by atoms with Gasteiger partial charge in [-0.15, -0.1) is 11.3 Å². The third-order valence-corrected chi connectivity index (χ3v) is 7.10. The molecule has 1 aromatic carbocycles. The average molecular weight is 431 g/mol. The fraction of sp³-hybridized carbons (Fsp3) is 0.208. The maximum Gasteiger partial charge on any atom is 0.261 e. The van der Waals surface area contributed by atoms with Gasteiger partial charge in [-0.05, 0) is 61.2 Å². The molecule has 31 heavy (non-hydrogen) atoms. The highest BCUT2D eigenvalue weighted by atomic mass is 32.1. The Kier molecular flexibility index (Phi) is 5.03. The second-order valence-corrected chi connectivity index (χ2v) is 8.91. The highest BCUT2D eigenvalue weighted by Crippen LogP contribution is 2.44. The monoisotopic (exact) mass is 430 g/mol. The third kappa shape index (κ3) is 3.84. The highest BCUT2D eigenvalue weighted by molar-refractivity contribution is 7.14. The van der Waals surface area contributed by atoms with Crippen molar-refractivity contribution in [1.82, 2.24) is 20.0 Å². The lowest BCUT2D eigenvalue weighted by atomic mass is 9.75. The summed E-state index contributed by atoms with van der Waals surface area (Å²) in [5, 5.41) is 6.20. The van der Waals surface area contributed by atoms with Crippen LogP contribution in [0.1, 0.15) is 49.7 Å². The Labute approximate surface area is 183 Å². The number of nitrogens with zero attached hydrogens (tertiary/aromatic N) is 2. The summed E-state index contributed by atoms with van der Waals surface area (Å²) in [6.07, 6.45) is 8.40. The maximum atomic E-state index is 12.7. The van der Waals surface area contributed by atoms with Crippen LogP contribution in [0, 0.1) is 0 Å². The van der Waals surface area contributed by atoms with Crippen LogP contribution in [-0.2, 0) is 12.1 Å². The second-order valence-electron chi connectivity index (χ2n) is 7.83. The quantitative estimate of drug-likeness (QED) is 0.483. The predicted octanol–water partition coefficient (Wildman–Crippen LogP) is 4.14. The normalized spacial score (nSPS) is 14.7. The Hall–Kier alpha value is -3.45. The van der Waals surface area contributed by atoms with Crippen LogP contribution >= 0.6 is 11.3 Å². The van der Waals surface area contributed by atoms with Gasteiger partial charge in [-0.25, -0.2) is 4.98 Å². The van der Waals surface area contributed by atoms with Crippen molar-refractivity contribution in [2.24, 2.45) is 0 Å². The number of benzene rings is 1. The SMILES string of the molecule is O=C(NC1(c2ccc(C(=O)NCc3ccn4ccnc4c3)s2)CCC1)c1ccccc1. The number of nitrogens with one attached hydrogen (secondary N) is 2. The zero-order valence-electron chi connectivity index (χ0n) is 16.9. The first kappa shape index (κ1) is 19.5. The molecule has 1 aliphatic carbocycles. The molecule has 7 heteroatoms. The molecule has 0 aliphatic heterocycles. The summed E-state index contributed by atoms with van der Waals surface area (Å²) in [7, 11) is 0. The van der Waals surface area contributed by atoms with Crippen molar-refractivity contribution >= 4 is 28.8 Å². The van der Waals surface area contributed by atoms with E-state index in [2.05, 4.69) is 15.6 Å². The molecule has 3 aromatic heterocycles. The standard InChI is InChI=1S/C24H22N4O2S/c29-22(18-5-2-1-3-6-18)27-24(10-4-11-24)20-8-7-19(31-20)23(30)26-16-17-9-13-28-14-12-25-21(28)15-17/h1-3,5-9,12-15H,4,10-11,16H2,(H,26,30)(H,27,29). The minimum atomic E-state index is -0.373. The van der Waals surface area contributed by atoms with Crippen molar-refractivity contribution in [2.45, 2.75) is 31.3 Å². The number of pyridine rings is 1. The fourth-order valence-corrected chi connectivity index (χ4v) is 5.02. The molecular weight excluding hydrogens is 408 g/mol. The lowest BCUT2D eigenvalue weighted by Crippen LogP contribution is -2.50. The molecule has 0 spiro atoms. The van der Waals surface area contributed by atoms with Crippen molar-refractivity contribution < 1.29 is 9.59 Å². The van der Waals surface area contributed by atoms with Crippen LogP contribution in [0.5, 0.6) is 0 Å². The number of hydrogen-bond acceptors (Lipinski definition) is 4. The average Bonchev–Trinajstić information content (AvgIpc) is 3.44. The second kappa shape index (κ2) is 8.00. The number of fused-ring (bicyclic) bond motifs is 1. The predicted molar refractivity (Wildman–Crippen MR) is 120 cm³/mol. The molecule has 0 saturated heterocycles. The van der Waals surface area contributed by atoms with E-state index in [1.165, 1.54) is 11.3 Å². The van der Waals surface area contributed by atoms with Crippen molar-refractivity contribution in [1.29, 1.82) is 0 Å². The molecule has 0 radical (unpaired) electrons. The highest BCUT2D eigenvalue weighted by Gasteiger charge is 2.41. The van der Waals surface area contributed by atoms with Gasteiger partial charge in [0.25, 0.3) is 11.8 Å². The van der Waals surface area contributed by atoms with Crippen LogP contribution in [0.4, 0.5) is 0 Å². The van der Waals surface area contributed by atoms with E-state index in [0.717, 1.165) is 35.4 Å². The van der Waals surface area contributed by atoms with Crippen LogP contribution in [0.15, 0.2) is 73.2 Å². The number of rotatable bonds is 6. The van der Waals surface area contributed by atoms with Crippen LogP contribution in [0.3, 0.4) is 0 Å². The largest absolute Gasteiger partial charge is 0.347 e. The molecular formula is C24H22N4O2S. The first-order valence-corrected chi connectivity index (χ1v) is 11.1. The molecule has 0 atom stereocenters. The first-order valence-electron chi connectivity index (χ1n) is 10.3. The maximum absolute atomic E-state index is 12.7. The number of amides is 2. The van der Waals surface area contributed by atoms with Gasteiger partial charge in [0.1, 0.15) is 5.65 Å². The first-order chi connectivity index (χ1) is 15.1. The van der Waals surface area contributed by atoms with Gasteiger partial charge in [0, 0.05) is 35.6 Å². The number of aromatic nitrogens is 2. The zero-order valence-corrected chi connectivity index (χ0v) is 17.7. The van der Waals surface area contributed by atoms with E-state index in [1.807, 2.05) is 71.4 Å². The number of imidazole rings is 1. The molecule has 1 fully saturated rings. The summed E-state index contributed by atoms with van der Waals surface area (Å²) in [6, 6.07) is 17.0. The minimum Gasteiger partial charge on any atom is -0.347 e. The lowest BCUT2D eigenvalue weighted by molar-refractivity contribution is 0.0828. The Morgan fingerprint density at radius 2 is 1.87 bits per heavy atom. The van der Waals surface area contributed by atoms with E-state index in [4.69, 9.17) is 0 Å². The van der Waals surface area contributed by atoms with Gasteiger partial charge in [0.05, 0.1) is 10.4 Å². The van der Waals surface area contributed by atoms with Crippen molar-refractivity contribution in [3.63, 3.8) is 0 Å². The Morgan fingerprint density at radius 3 is 2.65 bits per heavy atom. The minimum absolute atomic E-state index is 0.0749. The van der Waals surface area contributed by atoms with Crippen LogP contribution in [0.2, 0.25) is 0 Å². The molecule has 156 valence electrons. The summed E-state index contributed by atoms with van der Waals surface area (Å²) in [6.45, 7) is 0.436. The van der Waals surface area contributed by atoms with E-state index < -0.39 is 0 Å². The number of carbonyl (C=O) groups is 2. The summed E-state index contributed by atoms with van der Waals surface area (Å²) in [5.74, 6) is -0.183. The molecule has 3 heterocycles. The topological polar surface area (TPSA) is 75.5 Å². The van der Waals surface area contributed by atoms with E-state index in [-0.39, 0.29) is 17.4 Å². The lowest BCUT2D eigenvalue weighted by Gasteiger charge is -2.42. The summed E-state index contributed by atoms with van der Waals surface area (Å²) >= 11 is 1.46. The smallest absolute Gasteiger partial charge is 0.261 e. The Bertz CT molecular complexity index is 1240. The van der Waals surface area contributed by atoms with Gasteiger partial charge >= 0.3 is 0 Å². The molecule has 6 nitrogen and oxygen atoms in total. The van der Waals surface area contributed by atoms with Gasteiger partial charge in [-0.1, -0.05) is 18.2 Å². The van der Waals surface area contributed by atoms with E-state index in [9.17, 15) is 9.59 Å². The molecule has 0 unspecified atom stereocenters. The molecule has 2 N–H and O–H groups in total. The van der Waals surface area contributed by atoms with Crippen molar-refractivity contribution in [3.8, 4) is 0 Å². The fourth-order valence-electron chi connectivity index (χ4n) is 3.89. The Morgan fingerprint density at radius 1 is 1.03 bits per heavy atom. The van der Waals surface area contributed by atoms with Crippen LogP contribution in [0.25, 0.3) is 5.65 Å². The van der Waals surface area contributed by atoms with Gasteiger partial charge in [0.15, 0.2) is 0 Å². The van der Waals surface area contributed by atoms with Crippen LogP contribution < -0.4 is 10.6 Å². The van der Waals surface area contributed by atoms with Crippen LogP contribution in [-0.4, -0.2) is 21.2 Å².